The molecular weight excluding hydrogens is 321 g/mol. The molecule has 0 N–H and O–H groups in total. The summed E-state index contributed by atoms with van der Waals surface area (Å²) in [7, 11) is 1.26. The minimum atomic E-state index is -0.605. The van der Waals surface area contributed by atoms with Gasteiger partial charge in [-0.2, -0.15) is 0 Å². The van der Waals surface area contributed by atoms with Gasteiger partial charge >= 0.3 is 5.97 Å². The lowest BCUT2D eigenvalue weighted by atomic mass is 10.0. The number of methoxy groups -OCH3 is 1. The SMILES string of the molecule is COC(=O)C1=C(C)N(c2ccccc2)C(=O)/C1=C\c1cccc(F)c1. The van der Waals surface area contributed by atoms with Gasteiger partial charge in [0, 0.05) is 11.4 Å². The van der Waals surface area contributed by atoms with Gasteiger partial charge in [0.2, 0.25) is 0 Å². The maximum absolute atomic E-state index is 13.5. The van der Waals surface area contributed by atoms with Gasteiger partial charge in [0.25, 0.3) is 5.91 Å². The Hall–Kier alpha value is -3.21. The number of amides is 1. The van der Waals surface area contributed by atoms with E-state index in [1.165, 1.54) is 30.2 Å². The third-order valence-electron chi connectivity index (χ3n) is 3.96. The quantitative estimate of drug-likeness (QED) is 0.634. The van der Waals surface area contributed by atoms with E-state index in [9.17, 15) is 14.0 Å². The van der Waals surface area contributed by atoms with Crippen LogP contribution in [0.15, 0.2) is 71.4 Å². The second-order valence-corrected chi connectivity index (χ2v) is 5.54. The topological polar surface area (TPSA) is 46.6 Å². The number of hydrogen-bond donors (Lipinski definition) is 0. The zero-order valence-electron chi connectivity index (χ0n) is 13.8. The highest BCUT2D eigenvalue weighted by Gasteiger charge is 2.37. The van der Waals surface area contributed by atoms with E-state index in [1.807, 2.05) is 18.2 Å². The number of carbonyl (C=O) groups excluding carboxylic acids is 2. The zero-order valence-corrected chi connectivity index (χ0v) is 13.8. The van der Waals surface area contributed by atoms with E-state index in [0.29, 0.717) is 16.9 Å². The third-order valence-corrected chi connectivity index (χ3v) is 3.96. The lowest BCUT2D eigenvalue weighted by molar-refractivity contribution is -0.136. The average molecular weight is 337 g/mol. The van der Waals surface area contributed by atoms with Crippen LogP contribution < -0.4 is 4.90 Å². The van der Waals surface area contributed by atoms with Gasteiger partial charge in [-0.15, -0.1) is 0 Å². The molecule has 1 aliphatic rings. The van der Waals surface area contributed by atoms with Crippen molar-refractivity contribution >= 4 is 23.6 Å². The summed E-state index contributed by atoms with van der Waals surface area (Å²) < 4.78 is 18.3. The second kappa shape index (κ2) is 6.73. The van der Waals surface area contributed by atoms with Gasteiger partial charge in [-0.3, -0.25) is 9.69 Å². The first kappa shape index (κ1) is 16.6. The Kier molecular flexibility index (Phi) is 4.48. The average Bonchev–Trinajstić information content (AvgIpc) is 2.85. The summed E-state index contributed by atoms with van der Waals surface area (Å²) in [6, 6.07) is 14.8. The van der Waals surface area contributed by atoms with Crippen LogP contribution >= 0.6 is 0 Å². The molecule has 25 heavy (non-hydrogen) atoms. The van der Waals surface area contributed by atoms with Crippen molar-refractivity contribution in [2.45, 2.75) is 6.92 Å². The number of hydrogen-bond acceptors (Lipinski definition) is 3. The van der Waals surface area contributed by atoms with Gasteiger partial charge in [-0.1, -0.05) is 30.3 Å². The largest absolute Gasteiger partial charge is 0.465 e. The van der Waals surface area contributed by atoms with Crippen LogP contribution in [0.4, 0.5) is 10.1 Å². The highest BCUT2D eigenvalue weighted by molar-refractivity contribution is 6.23. The number of esters is 1. The number of anilines is 1. The molecule has 1 aliphatic heterocycles. The molecule has 4 nitrogen and oxygen atoms in total. The molecule has 0 aromatic heterocycles. The Morgan fingerprint density at radius 3 is 2.48 bits per heavy atom. The summed E-state index contributed by atoms with van der Waals surface area (Å²) in [4.78, 5) is 26.6. The molecule has 3 rings (SSSR count). The summed E-state index contributed by atoms with van der Waals surface area (Å²) in [6.45, 7) is 1.68. The number of allylic oxidation sites excluding steroid dienone is 1. The van der Waals surface area contributed by atoms with Crippen molar-refractivity contribution in [3.63, 3.8) is 0 Å². The maximum atomic E-state index is 13.5. The van der Waals surface area contributed by atoms with Gasteiger partial charge in [0.15, 0.2) is 0 Å². The first-order valence-corrected chi connectivity index (χ1v) is 7.69. The van der Waals surface area contributed by atoms with Gasteiger partial charge in [0.1, 0.15) is 5.82 Å². The standard InChI is InChI=1S/C20H16FNO3/c1-13-18(20(24)25-2)17(12-14-7-6-8-15(21)11-14)19(23)22(13)16-9-4-3-5-10-16/h3-12H,1-2H3/b17-12-. The Morgan fingerprint density at radius 2 is 1.84 bits per heavy atom. The molecule has 126 valence electrons. The minimum Gasteiger partial charge on any atom is -0.465 e. The van der Waals surface area contributed by atoms with Gasteiger partial charge < -0.3 is 4.74 Å². The van der Waals surface area contributed by atoms with Crippen LogP contribution in [0.25, 0.3) is 6.08 Å². The molecule has 0 atom stereocenters. The highest BCUT2D eigenvalue weighted by atomic mass is 19.1. The molecule has 2 aromatic carbocycles. The number of halogens is 1. The Morgan fingerprint density at radius 1 is 1.12 bits per heavy atom. The van der Waals surface area contributed by atoms with Crippen molar-refractivity contribution in [1.29, 1.82) is 0 Å². The second-order valence-electron chi connectivity index (χ2n) is 5.54. The number of nitrogens with zero attached hydrogens (tertiary/aromatic N) is 1. The summed E-state index contributed by atoms with van der Waals surface area (Å²) in [5, 5.41) is 0. The van der Waals surface area contributed by atoms with Crippen LogP contribution in [0.1, 0.15) is 12.5 Å². The molecule has 0 bridgehead atoms. The number of ether oxygens (including phenoxy) is 1. The van der Waals surface area contributed by atoms with Gasteiger partial charge in [-0.05, 0) is 42.8 Å². The van der Waals surface area contributed by atoms with E-state index in [0.717, 1.165) is 0 Å². The maximum Gasteiger partial charge on any atom is 0.340 e. The molecule has 0 saturated heterocycles. The molecule has 2 aromatic rings. The van der Waals surface area contributed by atoms with Crippen LogP contribution in [0, 0.1) is 5.82 Å². The van der Waals surface area contributed by atoms with Crippen molar-refractivity contribution in [3.8, 4) is 0 Å². The predicted octanol–water partition coefficient (Wildman–Crippen LogP) is 3.70. The normalized spacial score (nSPS) is 15.9. The Bertz CT molecular complexity index is 900. The fraction of sp³-hybridized carbons (Fsp3) is 0.100. The van der Waals surface area contributed by atoms with Crippen molar-refractivity contribution in [2.24, 2.45) is 0 Å². The third kappa shape index (κ3) is 3.08. The summed E-state index contributed by atoms with van der Waals surface area (Å²) in [6.07, 6.45) is 1.50. The van der Waals surface area contributed by atoms with E-state index in [4.69, 9.17) is 4.74 Å². The van der Waals surface area contributed by atoms with E-state index in [-0.39, 0.29) is 17.1 Å². The lowest BCUT2D eigenvalue weighted by Crippen LogP contribution is -2.24. The first-order valence-electron chi connectivity index (χ1n) is 7.69. The molecule has 0 spiro atoms. The molecule has 0 fully saturated rings. The van der Waals surface area contributed by atoms with Crippen molar-refractivity contribution < 1.29 is 18.7 Å². The Labute approximate surface area is 144 Å². The van der Waals surface area contributed by atoms with Gasteiger partial charge in [-0.25, -0.2) is 9.18 Å². The van der Waals surface area contributed by atoms with Crippen LogP contribution in [0.3, 0.4) is 0 Å². The molecule has 0 aliphatic carbocycles. The summed E-state index contributed by atoms with van der Waals surface area (Å²) in [5.41, 5.74) is 1.98. The van der Waals surface area contributed by atoms with Crippen molar-refractivity contribution in [2.75, 3.05) is 12.0 Å². The minimum absolute atomic E-state index is 0.179. The van der Waals surface area contributed by atoms with Crippen LogP contribution in [0.2, 0.25) is 0 Å². The van der Waals surface area contributed by atoms with Crippen LogP contribution in [-0.4, -0.2) is 19.0 Å². The number of carbonyl (C=O) groups is 2. The van der Waals surface area contributed by atoms with E-state index < -0.39 is 11.8 Å². The first-order chi connectivity index (χ1) is 12.0. The van der Waals surface area contributed by atoms with Gasteiger partial charge in [0.05, 0.1) is 18.3 Å². The van der Waals surface area contributed by atoms with E-state index >= 15 is 0 Å². The van der Waals surface area contributed by atoms with Crippen LogP contribution in [0.5, 0.6) is 0 Å². The fourth-order valence-electron chi connectivity index (χ4n) is 2.83. The summed E-state index contributed by atoms with van der Waals surface area (Å²) in [5.74, 6) is -1.37. The highest BCUT2D eigenvalue weighted by Crippen LogP contribution is 2.35. The number of benzene rings is 2. The zero-order chi connectivity index (χ0) is 18.0. The predicted molar refractivity (Wildman–Crippen MR) is 93.0 cm³/mol. The fourth-order valence-corrected chi connectivity index (χ4v) is 2.83. The molecule has 5 heteroatoms. The molecular formula is C20H16FNO3. The monoisotopic (exact) mass is 337 g/mol. The van der Waals surface area contributed by atoms with E-state index in [1.54, 1.807) is 31.2 Å². The van der Waals surface area contributed by atoms with E-state index in [2.05, 4.69) is 0 Å². The molecule has 0 unspecified atom stereocenters. The number of rotatable bonds is 3. The van der Waals surface area contributed by atoms with Crippen molar-refractivity contribution in [3.05, 3.63) is 82.8 Å². The smallest absolute Gasteiger partial charge is 0.340 e. The Balaban J connectivity index is 2.14. The summed E-state index contributed by atoms with van der Waals surface area (Å²) >= 11 is 0. The number of para-hydroxylation sites is 1. The van der Waals surface area contributed by atoms with Crippen molar-refractivity contribution in [1.82, 2.24) is 0 Å². The van der Waals surface area contributed by atoms with Crippen LogP contribution in [-0.2, 0) is 14.3 Å². The molecule has 0 saturated carbocycles. The lowest BCUT2D eigenvalue weighted by Gasteiger charge is -2.17. The molecule has 0 radical (unpaired) electrons. The molecule has 1 heterocycles. The molecule has 1 amide bonds.